The number of nitrogens with one attached hydrogen (secondary N) is 3. The number of carbonyl (C=O) groups is 2. The van der Waals surface area contributed by atoms with Crippen LogP contribution in [0.2, 0.25) is 0 Å². The molecule has 1 aromatic rings. The van der Waals surface area contributed by atoms with Crippen molar-refractivity contribution in [1.82, 2.24) is 10.6 Å². The van der Waals surface area contributed by atoms with E-state index in [0.29, 0.717) is 25.2 Å². The van der Waals surface area contributed by atoms with Crippen molar-refractivity contribution >= 4 is 23.8 Å². The zero-order chi connectivity index (χ0) is 19.1. The maximum atomic E-state index is 12.2. The number of dihydropyridines is 1. The monoisotopic (exact) mass is 368 g/mol. The van der Waals surface area contributed by atoms with Crippen molar-refractivity contribution in [3.63, 3.8) is 0 Å². The lowest BCUT2D eigenvalue weighted by Crippen LogP contribution is -2.40. The Hall–Kier alpha value is -2.63. The molecular formula is C21H28N4O2. The molecule has 1 heterocycles. The SMILES string of the molecule is CC1(CNC(=O)NCc2cccc(NC(=O)C3CC=CC=N3)c2)CCCC1. The molecule has 2 aliphatic rings. The van der Waals surface area contributed by atoms with Crippen molar-refractivity contribution in [1.29, 1.82) is 0 Å². The van der Waals surface area contributed by atoms with Gasteiger partial charge in [-0.3, -0.25) is 9.79 Å². The van der Waals surface area contributed by atoms with Crippen LogP contribution in [0.4, 0.5) is 10.5 Å². The summed E-state index contributed by atoms with van der Waals surface area (Å²) in [4.78, 5) is 28.5. The summed E-state index contributed by atoms with van der Waals surface area (Å²) in [5, 5.41) is 8.76. The van der Waals surface area contributed by atoms with Crippen LogP contribution in [-0.4, -0.2) is 30.7 Å². The van der Waals surface area contributed by atoms with Crippen LogP contribution in [0.5, 0.6) is 0 Å². The molecule has 0 bridgehead atoms. The molecule has 6 nitrogen and oxygen atoms in total. The molecule has 0 saturated heterocycles. The minimum absolute atomic E-state index is 0.122. The van der Waals surface area contributed by atoms with Crippen molar-refractivity contribution < 1.29 is 9.59 Å². The number of aliphatic imine (C=N–C) groups is 1. The molecule has 0 radical (unpaired) electrons. The van der Waals surface area contributed by atoms with E-state index in [2.05, 4.69) is 27.9 Å². The van der Waals surface area contributed by atoms with Gasteiger partial charge in [0, 0.05) is 25.0 Å². The van der Waals surface area contributed by atoms with Gasteiger partial charge in [0.25, 0.3) is 0 Å². The molecule has 1 saturated carbocycles. The normalized spacial score (nSPS) is 20.3. The first-order valence-corrected chi connectivity index (χ1v) is 9.64. The number of allylic oxidation sites excluding steroid dienone is 1. The van der Waals surface area contributed by atoms with E-state index < -0.39 is 0 Å². The summed E-state index contributed by atoms with van der Waals surface area (Å²) in [6.07, 6.45) is 10.9. The van der Waals surface area contributed by atoms with E-state index in [0.717, 1.165) is 5.56 Å². The van der Waals surface area contributed by atoms with Crippen LogP contribution in [-0.2, 0) is 11.3 Å². The number of hydrogen-bond acceptors (Lipinski definition) is 3. The highest BCUT2D eigenvalue weighted by Crippen LogP contribution is 2.36. The lowest BCUT2D eigenvalue weighted by molar-refractivity contribution is -0.117. The smallest absolute Gasteiger partial charge is 0.315 e. The first kappa shape index (κ1) is 19.1. The lowest BCUT2D eigenvalue weighted by Gasteiger charge is -2.23. The van der Waals surface area contributed by atoms with Crippen LogP contribution in [0, 0.1) is 5.41 Å². The second-order valence-electron chi connectivity index (χ2n) is 7.72. The highest BCUT2D eigenvalue weighted by Gasteiger charge is 2.28. The van der Waals surface area contributed by atoms with Crippen LogP contribution in [0.3, 0.4) is 0 Å². The highest BCUT2D eigenvalue weighted by molar-refractivity contribution is 5.96. The van der Waals surface area contributed by atoms with Gasteiger partial charge in [0.05, 0.1) is 0 Å². The molecule has 27 heavy (non-hydrogen) atoms. The Morgan fingerprint density at radius 1 is 1.22 bits per heavy atom. The van der Waals surface area contributed by atoms with Crippen molar-refractivity contribution in [3.8, 4) is 0 Å². The molecule has 1 aliphatic heterocycles. The zero-order valence-corrected chi connectivity index (χ0v) is 15.8. The summed E-state index contributed by atoms with van der Waals surface area (Å²) in [6.45, 7) is 3.36. The number of amides is 3. The Morgan fingerprint density at radius 2 is 2.04 bits per heavy atom. The van der Waals surface area contributed by atoms with Crippen LogP contribution in [0.25, 0.3) is 0 Å². The molecule has 1 fully saturated rings. The largest absolute Gasteiger partial charge is 0.338 e. The van der Waals surface area contributed by atoms with Gasteiger partial charge in [-0.15, -0.1) is 0 Å². The van der Waals surface area contributed by atoms with E-state index in [1.807, 2.05) is 36.4 Å². The maximum absolute atomic E-state index is 12.2. The van der Waals surface area contributed by atoms with Gasteiger partial charge in [0.1, 0.15) is 6.04 Å². The third-order valence-electron chi connectivity index (χ3n) is 5.28. The fourth-order valence-electron chi connectivity index (χ4n) is 3.59. The van der Waals surface area contributed by atoms with Crippen molar-refractivity contribution in [2.24, 2.45) is 10.4 Å². The molecular weight excluding hydrogens is 340 g/mol. The van der Waals surface area contributed by atoms with Gasteiger partial charge in [-0.25, -0.2) is 4.79 Å². The standard InChI is InChI=1S/C21H28N4O2/c1-21(10-3-4-11-21)15-24-20(27)23-14-16-7-6-8-17(13-16)25-19(26)18-9-2-5-12-22-18/h2,5-8,12-13,18H,3-4,9-11,14-15H2,1H3,(H,25,26)(H2,23,24,27). The summed E-state index contributed by atoms with van der Waals surface area (Å²) in [7, 11) is 0. The molecule has 3 amide bonds. The van der Waals surface area contributed by atoms with Crippen molar-refractivity contribution in [2.45, 2.75) is 51.6 Å². The van der Waals surface area contributed by atoms with E-state index in [4.69, 9.17) is 0 Å². The Kier molecular flexibility index (Phi) is 6.27. The van der Waals surface area contributed by atoms with Gasteiger partial charge in [0.15, 0.2) is 0 Å². The molecule has 3 N–H and O–H groups in total. The molecule has 0 spiro atoms. The quantitative estimate of drug-likeness (QED) is 0.719. The average Bonchev–Trinajstić information content (AvgIpc) is 3.13. The maximum Gasteiger partial charge on any atom is 0.315 e. The first-order valence-electron chi connectivity index (χ1n) is 9.64. The van der Waals surface area contributed by atoms with E-state index in [9.17, 15) is 9.59 Å². The van der Waals surface area contributed by atoms with Crippen LogP contribution >= 0.6 is 0 Å². The zero-order valence-electron chi connectivity index (χ0n) is 15.8. The number of hydrogen-bond donors (Lipinski definition) is 3. The molecule has 0 aromatic heterocycles. The molecule has 1 aliphatic carbocycles. The summed E-state index contributed by atoms with van der Waals surface area (Å²) in [5.74, 6) is -0.122. The van der Waals surface area contributed by atoms with E-state index in [-0.39, 0.29) is 23.4 Å². The molecule has 1 unspecified atom stereocenters. The third kappa shape index (κ3) is 5.67. The Morgan fingerprint density at radius 3 is 2.78 bits per heavy atom. The highest BCUT2D eigenvalue weighted by atomic mass is 16.2. The number of urea groups is 1. The van der Waals surface area contributed by atoms with Crippen molar-refractivity contribution in [2.75, 3.05) is 11.9 Å². The fourth-order valence-corrected chi connectivity index (χ4v) is 3.59. The number of carbonyl (C=O) groups excluding carboxylic acids is 2. The second-order valence-corrected chi connectivity index (χ2v) is 7.72. The molecule has 144 valence electrons. The minimum Gasteiger partial charge on any atom is -0.338 e. The minimum atomic E-state index is -0.375. The molecule has 3 rings (SSSR count). The van der Waals surface area contributed by atoms with Crippen LogP contribution < -0.4 is 16.0 Å². The number of benzene rings is 1. The van der Waals surface area contributed by atoms with Gasteiger partial charge in [-0.1, -0.05) is 38.0 Å². The Labute approximate surface area is 160 Å². The molecule has 1 atom stereocenters. The van der Waals surface area contributed by atoms with Crippen LogP contribution in [0.1, 0.15) is 44.6 Å². The van der Waals surface area contributed by atoms with Gasteiger partial charge in [-0.05, 0) is 48.4 Å². The van der Waals surface area contributed by atoms with Gasteiger partial charge >= 0.3 is 6.03 Å². The number of nitrogens with zero attached hydrogens (tertiary/aromatic N) is 1. The predicted molar refractivity (Wildman–Crippen MR) is 108 cm³/mol. The topological polar surface area (TPSA) is 82.6 Å². The molecule has 1 aromatic carbocycles. The fraction of sp³-hybridized carbons (Fsp3) is 0.476. The summed E-state index contributed by atoms with van der Waals surface area (Å²) < 4.78 is 0. The lowest BCUT2D eigenvalue weighted by atomic mass is 9.89. The Bertz CT molecular complexity index is 735. The summed E-state index contributed by atoms with van der Waals surface area (Å²) >= 11 is 0. The third-order valence-corrected chi connectivity index (χ3v) is 5.28. The first-order chi connectivity index (χ1) is 13.0. The van der Waals surface area contributed by atoms with Gasteiger partial charge in [0.2, 0.25) is 5.91 Å². The predicted octanol–water partition coefficient (Wildman–Crippen LogP) is 3.40. The summed E-state index contributed by atoms with van der Waals surface area (Å²) in [5.41, 5.74) is 1.88. The molecule has 6 heteroatoms. The van der Waals surface area contributed by atoms with Crippen LogP contribution in [0.15, 0.2) is 41.4 Å². The second kappa shape index (κ2) is 8.84. The van der Waals surface area contributed by atoms with E-state index in [1.54, 1.807) is 6.21 Å². The van der Waals surface area contributed by atoms with Gasteiger partial charge in [-0.2, -0.15) is 0 Å². The van der Waals surface area contributed by atoms with Crippen molar-refractivity contribution in [3.05, 3.63) is 42.0 Å². The number of anilines is 1. The van der Waals surface area contributed by atoms with E-state index in [1.165, 1.54) is 25.7 Å². The van der Waals surface area contributed by atoms with E-state index >= 15 is 0 Å². The number of rotatable bonds is 6. The van der Waals surface area contributed by atoms with Gasteiger partial charge < -0.3 is 16.0 Å². The Balaban J connectivity index is 1.45. The summed E-state index contributed by atoms with van der Waals surface area (Å²) in [6, 6.07) is 6.98. The average molecular weight is 368 g/mol.